The van der Waals surface area contributed by atoms with Gasteiger partial charge in [0, 0.05) is 25.2 Å². The van der Waals surface area contributed by atoms with Crippen molar-refractivity contribution in [1.29, 1.82) is 0 Å². The summed E-state index contributed by atoms with van der Waals surface area (Å²) < 4.78 is 15.3. The average molecular weight is 348 g/mol. The fraction of sp³-hybridized carbons (Fsp3) is 0.333. The molecule has 3 heterocycles. The minimum absolute atomic E-state index is 0.176. The molecule has 2 aromatic carbocycles. The molecular weight excluding hydrogens is 327 g/mol. The molecule has 0 N–H and O–H groups in total. The lowest BCUT2D eigenvalue weighted by molar-refractivity contribution is 0.306. The fourth-order valence-corrected chi connectivity index (χ4v) is 4.43. The molecule has 0 bridgehead atoms. The third kappa shape index (κ3) is 2.72. The van der Waals surface area contributed by atoms with E-state index in [4.69, 9.17) is 0 Å². The summed E-state index contributed by atoms with van der Waals surface area (Å²) in [5.74, 6) is 0.442. The summed E-state index contributed by atoms with van der Waals surface area (Å²) in [5, 5.41) is 9.02. The molecule has 0 unspecified atom stereocenters. The largest absolute Gasteiger partial charge is 0.297 e. The van der Waals surface area contributed by atoms with Gasteiger partial charge in [-0.05, 0) is 36.5 Å². The van der Waals surface area contributed by atoms with Crippen LogP contribution in [0, 0.1) is 11.7 Å². The molecule has 2 aliphatic rings. The number of aromatic nitrogens is 3. The van der Waals surface area contributed by atoms with Gasteiger partial charge in [0.1, 0.15) is 11.5 Å². The molecule has 0 radical (unpaired) electrons. The molecule has 26 heavy (non-hydrogen) atoms. The monoisotopic (exact) mass is 348 g/mol. The lowest BCUT2D eigenvalue weighted by Gasteiger charge is -2.25. The van der Waals surface area contributed by atoms with Gasteiger partial charge in [-0.3, -0.25) is 4.90 Å². The summed E-state index contributed by atoms with van der Waals surface area (Å²) in [7, 11) is 0. The van der Waals surface area contributed by atoms with Crippen LogP contribution >= 0.6 is 0 Å². The molecule has 0 aliphatic carbocycles. The zero-order chi connectivity index (χ0) is 17.5. The van der Waals surface area contributed by atoms with Crippen molar-refractivity contribution >= 4 is 0 Å². The summed E-state index contributed by atoms with van der Waals surface area (Å²) in [6, 6.07) is 17.6. The van der Waals surface area contributed by atoms with Gasteiger partial charge in [-0.1, -0.05) is 47.7 Å². The number of hydrogen-bond donors (Lipinski definition) is 0. The first-order valence-corrected chi connectivity index (χ1v) is 9.24. The van der Waals surface area contributed by atoms with Crippen molar-refractivity contribution < 1.29 is 4.39 Å². The SMILES string of the molecule is Fc1ccc(CN2C[C@H]3CCc4c(-c5ccccc5)nnn4[C@@H]3C2)cc1. The molecular formula is C21H21FN4. The van der Waals surface area contributed by atoms with Crippen LogP contribution in [0.2, 0.25) is 0 Å². The van der Waals surface area contributed by atoms with Crippen LogP contribution in [0.1, 0.15) is 23.7 Å². The quantitative estimate of drug-likeness (QED) is 0.724. The average Bonchev–Trinajstić information content (AvgIpc) is 3.27. The number of benzene rings is 2. The Labute approximate surface area is 152 Å². The second kappa shape index (κ2) is 6.32. The van der Waals surface area contributed by atoms with Crippen LogP contribution in [0.15, 0.2) is 54.6 Å². The lowest BCUT2D eigenvalue weighted by Crippen LogP contribution is -2.26. The highest BCUT2D eigenvalue weighted by atomic mass is 19.1. The van der Waals surface area contributed by atoms with Crippen molar-refractivity contribution in [1.82, 2.24) is 19.9 Å². The Morgan fingerprint density at radius 2 is 1.81 bits per heavy atom. The molecule has 0 amide bonds. The van der Waals surface area contributed by atoms with E-state index < -0.39 is 0 Å². The summed E-state index contributed by atoms with van der Waals surface area (Å²) in [4.78, 5) is 2.46. The predicted molar refractivity (Wildman–Crippen MR) is 98.0 cm³/mol. The minimum atomic E-state index is -0.176. The number of hydrogen-bond acceptors (Lipinski definition) is 3. The van der Waals surface area contributed by atoms with Crippen molar-refractivity contribution in [2.45, 2.75) is 25.4 Å². The van der Waals surface area contributed by atoms with Crippen molar-refractivity contribution in [2.75, 3.05) is 13.1 Å². The minimum Gasteiger partial charge on any atom is -0.297 e. The normalized spacial score (nSPS) is 22.2. The maximum atomic E-state index is 13.1. The Kier molecular flexibility index (Phi) is 3.82. The lowest BCUT2D eigenvalue weighted by atomic mass is 9.91. The Morgan fingerprint density at radius 1 is 1.00 bits per heavy atom. The second-order valence-corrected chi connectivity index (χ2v) is 7.38. The smallest absolute Gasteiger partial charge is 0.123 e. The zero-order valence-corrected chi connectivity index (χ0v) is 14.6. The number of nitrogens with zero attached hydrogens (tertiary/aromatic N) is 4. The Hall–Kier alpha value is -2.53. The molecule has 1 aromatic heterocycles. The molecule has 4 nitrogen and oxygen atoms in total. The molecule has 2 atom stereocenters. The van der Waals surface area contributed by atoms with E-state index in [9.17, 15) is 4.39 Å². The third-order valence-corrected chi connectivity index (χ3v) is 5.71. The number of rotatable bonds is 3. The molecule has 2 aliphatic heterocycles. The van der Waals surface area contributed by atoms with Crippen LogP contribution in [0.5, 0.6) is 0 Å². The van der Waals surface area contributed by atoms with Crippen molar-refractivity contribution in [3.8, 4) is 11.3 Å². The summed E-state index contributed by atoms with van der Waals surface area (Å²) in [6.07, 6.45) is 2.21. The van der Waals surface area contributed by atoms with E-state index in [1.54, 1.807) is 12.1 Å². The van der Waals surface area contributed by atoms with Crippen molar-refractivity contribution in [3.05, 3.63) is 71.7 Å². The first-order chi connectivity index (χ1) is 12.8. The maximum absolute atomic E-state index is 13.1. The van der Waals surface area contributed by atoms with Gasteiger partial charge in [0.25, 0.3) is 0 Å². The van der Waals surface area contributed by atoms with Gasteiger partial charge in [0.2, 0.25) is 0 Å². The van der Waals surface area contributed by atoms with Crippen LogP contribution in [-0.2, 0) is 13.0 Å². The number of fused-ring (bicyclic) bond motifs is 3. The molecule has 5 heteroatoms. The molecule has 0 spiro atoms. The standard InChI is InChI=1S/C21H21FN4/c22-18-9-6-15(7-10-18)12-25-13-17-8-11-19-21(16-4-2-1-3-5-16)23-24-26(19)20(17)14-25/h1-7,9-10,17,20H,8,11-14H2/t17-,20-/m1/s1. The van der Waals surface area contributed by atoms with Crippen LogP contribution in [0.25, 0.3) is 11.3 Å². The Morgan fingerprint density at radius 3 is 2.62 bits per heavy atom. The summed E-state index contributed by atoms with van der Waals surface area (Å²) >= 11 is 0. The van der Waals surface area contributed by atoms with Gasteiger partial charge in [-0.2, -0.15) is 0 Å². The van der Waals surface area contributed by atoms with E-state index in [2.05, 4.69) is 32.0 Å². The van der Waals surface area contributed by atoms with E-state index in [1.807, 2.05) is 30.3 Å². The fourth-order valence-electron chi connectivity index (χ4n) is 4.43. The van der Waals surface area contributed by atoms with Gasteiger partial charge < -0.3 is 0 Å². The molecule has 3 aromatic rings. The molecule has 5 rings (SSSR count). The maximum Gasteiger partial charge on any atom is 0.123 e. The molecule has 132 valence electrons. The number of halogens is 1. The van der Waals surface area contributed by atoms with E-state index >= 15 is 0 Å². The van der Waals surface area contributed by atoms with Gasteiger partial charge >= 0.3 is 0 Å². The second-order valence-electron chi connectivity index (χ2n) is 7.38. The van der Waals surface area contributed by atoms with E-state index in [0.29, 0.717) is 12.0 Å². The van der Waals surface area contributed by atoms with Crippen LogP contribution in [0.4, 0.5) is 4.39 Å². The van der Waals surface area contributed by atoms with Crippen LogP contribution in [0.3, 0.4) is 0 Å². The summed E-state index contributed by atoms with van der Waals surface area (Å²) in [6.45, 7) is 2.91. The molecule has 1 saturated heterocycles. The third-order valence-electron chi connectivity index (χ3n) is 5.71. The van der Waals surface area contributed by atoms with Gasteiger partial charge in [-0.25, -0.2) is 9.07 Å². The van der Waals surface area contributed by atoms with E-state index in [-0.39, 0.29) is 5.82 Å². The van der Waals surface area contributed by atoms with Crippen LogP contribution < -0.4 is 0 Å². The van der Waals surface area contributed by atoms with Crippen molar-refractivity contribution in [3.63, 3.8) is 0 Å². The summed E-state index contributed by atoms with van der Waals surface area (Å²) in [5.41, 5.74) is 4.60. The molecule has 0 saturated carbocycles. The topological polar surface area (TPSA) is 34.0 Å². The highest BCUT2D eigenvalue weighted by Crippen LogP contribution is 2.39. The van der Waals surface area contributed by atoms with Crippen LogP contribution in [-0.4, -0.2) is 33.0 Å². The predicted octanol–water partition coefficient (Wildman–Crippen LogP) is 3.70. The number of likely N-dealkylation sites (tertiary alicyclic amines) is 1. The van der Waals surface area contributed by atoms with Gasteiger partial charge in [-0.15, -0.1) is 5.10 Å². The Balaban J connectivity index is 1.37. The first kappa shape index (κ1) is 15.7. The Bertz CT molecular complexity index is 904. The van der Waals surface area contributed by atoms with Gasteiger partial charge in [0.15, 0.2) is 0 Å². The van der Waals surface area contributed by atoms with E-state index in [0.717, 1.165) is 42.9 Å². The zero-order valence-electron chi connectivity index (χ0n) is 14.6. The van der Waals surface area contributed by atoms with Crippen molar-refractivity contribution in [2.24, 2.45) is 5.92 Å². The van der Waals surface area contributed by atoms with Gasteiger partial charge in [0.05, 0.1) is 11.7 Å². The highest BCUT2D eigenvalue weighted by Gasteiger charge is 2.39. The molecule has 1 fully saturated rings. The highest BCUT2D eigenvalue weighted by molar-refractivity contribution is 5.61. The first-order valence-electron chi connectivity index (χ1n) is 9.24. The van der Waals surface area contributed by atoms with E-state index in [1.165, 1.54) is 12.1 Å².